The van der Waals surface area contributed by atoms with E-state index >= 15 is 0 Å². The minimum Gasteiger partial charge on any atom is -0.463 e. The Bertz CT molecular complexity index is 473. The minimum atomic E-state index is -1.08. The normalized spacial score (nSPS) is 26.8. The second-order valence-corrected chi connectivity index (χ2v) is 4.97. The maximum atomic E-state index is 11.3. The summed E-state index contributed by atoms with van der Waals surface area (Å²) in [6.45, 7) is 4.46. The van der Waals surface area contributed by atoms with Crippen LogP contribution in [0.1, 0.15) is 27.7 Å². The Kier molecular flexibility index (Phi) is 6.95. The van der Waals surface area contributed by atoms with Crippen LogP contribution in [-0.2, 0) is 42.9 Å². The van der Waals surface area contributed by atoms with Gasteiger partial charge in [0.2, 0.25) is 0 Å². The van der Waals surface area contributed by atoms with Crippen molar-refractivity contribution < 1.29 is 42.9 Å². The van der Waals surface area contributed by atoms with E-state index in [2.05, 4.69) is 0 Å². The summed E-state index contributed by atoms with van der Waals surface area (Å²) in [6, 6.07) is 0. The fourth-order valence-electron chi connectivity index (χ4n) is 2.16. The second-order valence-electron chi connectivity index (χ2n) is 4.97. The molecule has 9 nitrogen and oxygen atoms in total. The molecular weight excluding hydrogens is 312 g/mol. The molecule has 1 unspecified atom stereocenters. The molecule has 1 rings (SSSR count). The minimum absolute atomic E-state index is 0.0960. The number of hydrogen-bond donors (Lipinski definition) is 0. The molecule has 0 aromatic heterocycles. The van der Waals surface area contributed by atoms with E-state index in [1.54, 1.807) is 0 Å². The molecule has 1 heterocycles. The third-order valence-electron chi connectivity index (χ3n) is 2.90. The van der Waals surface area contributed by atoms with Crippen molar-refractivity contribution in [1.29, 1.82) is 0 Å². The molecule has 1 saturated heterocycles. The molecule has 0 aliphatic carbocycles. The van der Waals surface area contributed by atoms with Crippen LogP contribution in [0.2, 0.25) is 0 Å². The first-order chi connectivity index (χ1) is 10.7. The van der Waals surface area contributed by atoms with Crippen LogP contribution < -0.4 is 0 Å². The van der Waals surface area contributed by atoms with E-state index in [4.69, 9.17) is 23.7 Å². The second kappa shape index (κ2) is 8.47. The van der Waals surface area contributed by atoms with Crippen molar-refractivity contribution in [3.63, 3.8) is 0 Å². The van der Waals surface area contributed by atoms with E-state index < -0.39 is 48.3 Å². The Hall–Kier alpha value is -2.16. The Morgan fingerprint density at radius 1 is 0.826 bits per heavy atom. The van der Waals surface area contributed by atoms with Crippen molar-refractivity contribution in [3.8, 4) is 0 Å². The quantitative estimate of drug-likeness (QED) is 0.496. The number of carbonyl (C=O) groups excluding carboxylic acids is 4. The molecule has 0 spiro atoms. The van der Waals surface area contributed by atoms with E-state index in [0.717, 1.165) is 0 Å². The summed E-state index contributed by atoms with van der Waals surface area (Å²) >= 11 is 0. The molecule has 1 fully saturated rings. The Morgan fingerprint density at radius 2 is 1.35 bits per heavy atom. The highest BCUT2D eigenvalue weighted by Crippen LogP contribution is 2.24. The van der Waals surface area contributed by atoms with Crippen molar-refractivity contribution in [2.45, 2.75) is 52.1 Å². The van der Waals surface area contributed by atoms with Gasteiger partial charge in [-0.05, 0) is 0 Å². The topological polar surface area (TPSA) is 114 Å². The predicted molar refractivity (Wildman–Crippen MR) is 73.0 cm³/mol. The van der Waals surface area contributed by atoms with Gasteiger partial charge in [-0.15, -0.1) is 0 Å². The van der Waals surface area contributed by atoms with E-state index in [1.807, 2.05) is 0 Å². The molecule has 1 aliphatic heterocycles. The molecule has 0 amide bonds. The summed E-state index contributed by atoms with van der Waals surface area (Å²) in [5.74, 6) is -2.43. The Labute approximate surface area is 133 Å². The molecule has 0 bridgehead atoms. The maximum absolute atomic E-state index is 11.3. The van der Waals surface area contributed by atoms with Crippen LogP contribution in [0.25, 0.3) is 0 Å². The summed E-state index contributed by atoms with van der Waals surface area (Å²) in [7, 11) is 0. The van der Waals surface area contributed by atoms with Gasteiger partial charge in [-0.1, -0.05) is 0 Å². The molecular formula is C14H20O9. The fraction of sp³-hybridized carbons (Fsp3) is 0.714. The van der Waals surface area contributed by atoms with Crippen molar-refractivity contribution in [2.24, 2.45) is 0 Å². The molecule has 0 N–H and O–H groups in total. The van der Waals surface area contributed by atoms with Crippen LogP contribution in [0.5, 0.6) is 0 Å². The standard InChI is InChI=1S/C14H20O9/c1-7(15)19-5-11-13(22-9(3)17)14(23-10(4)18)12(6-20-11)21-8(2)16/h11-14H,5-6H2,1-4H3/t11?,12-,13+,14+/m0/s1. The van der Waals surface area contributed by atoms with E-state index in [9.17, 15) is 19.2 Å². The van der Waals surface area contributed by atoms with Gasteiger partial charge in [0.05, 0.1) is 6.61 Å². The molecule has 0 aromatic carbocycles. The molecule has 23 heavy (non-hydrogen) atoms. The average Bonchev–Trinajstić information content (AvgIpc) is 2.39. The van der Waals surface area contributed by atoms with Gasteiger partial charge in [-0.3, -0.25) is 19.2 Å². The largest absolute Gasteiger partial charge is 0.463 e. The van der Waals surface area contributed by atoms with Crippen LogP contribution in [0.15, 0.2) is 0 Å². The fourth-order valence-corrected chi connectivity index (χ4v) is 2.16. The van der Waals surface area contributed by atoms with Crippen LogP contribution in [0.4, 0.5) is 0 Å². The third kappa shape index (κ3) is 6.23. The summed E-state index contributed by atoms with van der Waals surface area (Å²) in [6.07, 6.45) is -3.92. The highest BCUT2D eigenvalue weighted by atomic mass is 16.7. The first-order valence-electron chi connectivity index (χ1n) is 6.97. The number of carbonyl (C=O) groups is 4. The lowest BCUT2D eigenvalue weighted by Crippen LogP contribution is -2.58. The number of esters is 4. The summed E-state index contributed by atoms with van der Waals surface area (Å²) < 4.78 is 25.6. The molecule has 0 saturated carbocycles. The first kappa shape index (κ1) is 18.9. The van der Waals surface area contributed by atoms with Gasteiger partial charge in [0, 0.05) is 27.7 Å². The van der Waals surface area contributed by atoms with Gasteiger partial charge in [-0.2, -0.15) is 0 Å². The lowest BCUT2D eigenvalue weighted by atomic mass is 9.99. The molecule has 4 atom stereocenters. The van der Waals surface area contributed by atoms with Crippen molar-refractivity contribution in [2.75, 3.05) is 13.2 Å². The van der Waals surface area contributed by atoms with Gasteiger partial charge < -0.3 is 23.7 Å². The van der Waals surface area contributed by atoms with Gasteiger partial charge in [0.15, 0.2) is 18.3 Å². The van der Waals surface area contributed by atoms with Crippen molar-refractivity contribution in [1.82, 2.24) is 0 Å². The zero-order valence-electron chi connectivity index (χ0n) is 13.4. The zero-order valence-corrected chi connectivity index (χ0v) is 13.4. The van der Waals surface area contributed by atoms with Crippen LogP contribution in [0.3, 0.4) is 0 Å². The summed E-state index contributed by atoms with van der Waals surface area (Å²) in [5, 5.41) is 0. The highest BCUT2D eigenvalue weighted by molar-refractivity contribution is 5.68. The summed E-state index contributed by atoms with van der Waals surface area (Å²) in [5.41, 5.74) is 0. The molecule has 0 radical (unpaired) electrons. The Morgan fingerprint density at radius 3 is 1.83 bits per heavy atom. The first-order valence-corrected chi connectivity index (χ1v) is 6.97. The van der Waals surface area contributed by atoms with Gasteiger partial charge >= 0.3 is 23.9 Å². The number of hydrogen-bond acceptors (Lipinski definition) is 9. The molecule has 0 aromatic rings. The lowest BCUT2D eigenvalue weighted by Gasteiger charge is -2.40. The Balaban J connectivity index is 2.98. The van der Waals surface area contributed by atoms with E-state index in [0.29, 0.717) is 0 Å². The van der Waals surface area contributed by atoms with Crippen LogP contribution >= 0.6 is 0 Å². The maximum Gasteiger partial charge on any atom is 0.303 e. The third-order valence-corrected chi connectivity index (χ3v) is 2.90. The number of ether oxygens (including phenoxy) is 5. The van der Waals surface area contributed by atoms with Crippen LogP contribution in [0, 0.1) is 0 Å². The highest BCUT2D eigenvalue weighted by Gasteiger charge is 2.47. The molecule has 9 heteroatoms. The monoisotopic (exact) mass is 332 g/mol. The smallest absolute Gasteiger partial charge is 0.303 e. The average molecular weight is 332 g/mol. The molecule has 130 valence electrons. The van der Waals surface area contributed by atoms with E-state index in [-0.39, 0.29) is 13.2 Å². The number of rotatable bonds is 5. The summed E-state index contributed by atoms with van der Waals surface area (Å²) in [4.78, 5) is 44.8. The van der Waals surface area contributed by atoms with Gasteiger partial charge in [0.25, 0.3) is 0 Å². The molecule has 1 aliphatic rings. The van der Waals surface area contributed by atoms with Crippen molar-refractivity contribution >= 4 is 23.9 Å². The lowest BCUT2D eigenvalue weighted by molar-refractivity contribution is -0.231. The SMILES string of the molecule is CC(=O)OCC1OC[C@H](OC(C)=O)[C@@H](OC(C)=O)[C@@H]1OC(C)=O. The van der Waals surface area contributed by atoms with E-state index in [1.165, 1.54) is 27.7 Å². The zero-order chi connectivity index (χ0) is 17.6. The van der Waals surface area contributed by atoms with Crippen LogP contribution in [-0.4, -0.2) is 61.5 Å². The van der Waals surface area contributed by atoms with Gasteiger partial charge in [0.1, 0.15) is 12.7 Å². The van der Waals surface area contributed by atoms with Crippen molar-refractivity contribution in [3.05, 3.63) is 0 Å². The predicted octanol–water partition coefficient (Wildman–Crippen LogP) is -0.257. The van der Waals surface area contributed by atoms with Gasteiger partial charge in [-0.25, -0.2) is 0 Å².